The molecule has 0 atom stereocenters. The maximum atomic E-state index is 4.34. The third-order valence-electron chi connectivity index (χ3n) is 1.98. The van der Waals surface area contributed by atoms with E-state index in [-0.39, 0.29) is 0 Å². The van der Waals surface area contributed by atoms with Crippen molar-refractivity contribution in [1.29, 1.82) is 0 Å². The Bertz CT molecular complexity index is 214. The zero-order valence-electron chi connectivity index (χ0n) is 8.29. The first-order chi connectivity index (χ1) is 6.39. The standard InChI is InChI=1S/C11H18N2/c1-11-6-5-9-12-7-3-2-4-8-13-10-11/h5-6,9-10,12H,2-4,7-8H2,1H3/b9-5+,11-6-,13-10?. The molecular weight excluding hydrogens is 160 g/mol. The van der Waals surface area contributed by atoms with Crippen LogP contribution in [0.1, 0.15) is 26.2 Å². The number of hydrogen-bond donors (Lipinski definition) is 1. The fourth-order valence-electron chi connectivity index (χ4n) is 1.21. The summed E-state index contributed by atoms with van der Waals surface area (Å²) in [5.41, 5.74) is 1.21. The van der Waals surface area contributed by atoms with E-state index in [1.54, 1.807) is 0 Å². The van der Waals surface area contributed by atoms with Crippen LogP contribution >= 0.6 is 0 Å². The maximum absolute atomic E-state index is 4.34. The molecule has 0 saturated heterocycles. The van der Waals surface area contributed by atoms with Crippen LogP contribution in [0.5, 0.6) is 0 Å². The van der Waals surface area contributed by atoms with Crippen molar-refractivity contribution in [2.24, 2.45) is 4.99 Å². The van der Waals surface area contributed by atoms with Crippen molar-refractivity contribution in [1.82, 2.24) is 5.32 Å². The Morgan fingerprint density at radius 1 is 1.31 bits per heavy atom. The van der Waals surface area contributed by atoms with E-state index in [9.17, 15) is 0 Å². The molecule has 0 unspecified atom stereocenters. The molecule has 1 aliphatic heterocycles. The molecule has 1 heterocycles. The Hall–Kier alpha value is -1.05. The summed E-state index contributed by atoms with van der Waals surface area (Å²) in [6.07, 6.45) is 11.8. The Morgan fingerprint density at radius 2 is 2.23 bits per heavy atom. The van der Waals surface area contributed by atoms with Crippen LogP contribution in [0.2, 0.25) is 0 Å². The summed E-state index contributed by atoms with van der Waals surface area (Å²) in [4.78, 5) is 4.34. The van der Waals surface area contributed by atoms with Gasteiger partial charge in [-0.1, -0.05) is 6.08 Å². The zero-order valence-corrected chi connectivity index (χ0v) is 8.29. The van der Waals surface area contributed by atoms with Gasteiger partial charge in [-0.05, 0) is 44.0 Å². The lowest BCUT2D eigenvalue weighted by Crippen LogP contribution is -2.06. The van der Waals surface area contributed by atoms with Crippen LogP contribution in [-0.4, -0.2) is 19.3 Å². The zero-order chi connectivity index (χ0) is 9.36. The first-order valence-corrected chi connectivity index (χ1v) is 4.96. The Morgan fingerprint density at radius 3 is 3.15 bits per heavy atom. The van der Waals surface area contributed by atoms with Gasteiger partial charge in [0.25, 0.3) is 0 Å². The van der Waals surface area contributed by atoms with Gasteiger partial charge < -0.3 is 5.32 Å². The fourth-order valence-corrected chi connectivity index (χ4v) is 1.21. The number of allylic oxidation sites excluding steroid dienone is 3. The molecule has 0 bridgehead atoms. The number of rotatable bonds is 0. The molecule has 13 heavy (non-hydrogen) atoms. The molecule has 0 aromatic carbocycles. The first kappa shape index (κ1) is 10.0. The van der Waals surface area contributed by atoms with Gasteiger partial charge in [0.2, 0.25) is 0 Å². The minimum absolute atomic E-state index is 0.967. The van der Waals surface area contributed by atoms with Crippen molar-refractivity contribution >= 4 is 6.21 Å². The van der Waals surface area contributed by atoms with E-state index in [1.165, 1.54) is 24.8 Å². The Kier molecular flexibility index (Phi) is 4.99. The summed E-state index contributed by atoms with van der Waals surface area (Å²) in [6, 6.07) is 0. The molecule has 0 amide bonds. The summed E-state index contributed by atoms with van der Waals surface area (Å²) in [6.45, 7) is 4.11. The minimum Gasteiger partial charge on any atom is -0.391 e. The lowest BCUT2D eigenvalue weighted by molar-refractivity contribution is 0.662. The lowest BCUT2D eigenvalue weighted by Gasteiger charge is -2.00. The van der Waals surface area contributed by atoms with Crippen LogP contribution in [0.4, 0.5) is 0 Å². The number of aliphatic imine (C=N–C) groups is 1. The second-order valence-electron chi connectivity index (χ2n) is 3.32. The van der Waals surface area contributed by atoms with Gasteiger partial charge in [0.05, 0.1) is 0 Å². The summed E-state index contributed by atoms with van der Waals surface area (Å²) in [5, 5.41) is 3.25. The number of nitrogens with one attached hydrogen (secondary N) is 1. The van der Waals surface area contributed by atoms with Crippen molar-refractivity contribution in [3.05, 3.63) is 23.9 Å². The summed E-state index contributed by atoms with van der Waals surface area (Å²) < 4.78 is 0. The molecule has 0 saturated carbocycles. The normalized spacial score (nSPS) is 26.1. The molecule has 1 N–H and O–H groups in total. The van der Waals surface area contributed by atoms with Gasteiger partial charge in [-0.3, -0.25) is 4.99 Å². The van der Waals surface area contributed by atoms with Crippen molar-refractivity contribution < 1.29 is 0 Å². The predicted molar refractivity (Wildman–Crippen MR) is 58.1 cm³/mol. The molecule has 72 valence electrons. The van der Waals surface area contributed by atoms with E-state index in [0.717, 1.165) is 13.1 Å². The average molecular weight is 178 g/mol. The van der Waals surface area contributed by atoms with E-state index in [4.69, 9.17) is 0 Å². The maximum Gasteiger partial charge on any atom is 0.0389 e. The van der Waals surface area contributed by atoms with Crippen LogP contribution in [0, 0.1) is 0 Å². The molecule has 2 heteroatoms. The number of hydrogen-bond acceptors (Lipinski definition) is 2. The van der Waals surface area contributed by atoms with Crippen molar-refractivity contribution in [2.75, 3.05) is 13.1 Å². The largest absolute Gasteiger partial charge is 0.391 e. The second kappa shape index (κ2) is 6.46. The Labute approximate surface area is 80.4 Å². The van der Waals surface area contributed by atoms with Crippen LogP contribution in [-0.2, 0) is 0 Å². The summed E-state index contributed by atoms with van der Waals surface area (Å²) in [5.74, 6) is 0. The lowest BCUT2D eigenvalue weighted by atomic mass is 10.2. The van der Waals surface area contributed by atoms with Crippen LogP contribution < -0.4 is 5.32 Å². The van der Waals surface area contributed by atoms with E-state index in [2.05, 4.69) is 23.3 Å². The molecule has 0 radical (unpaired) electrons. The highest BCUT2D eigenvalue weighted by Crippen LogP contribution is 1.96. The molecule has 0 fully saturated rings. The van der Waals surface area contributed by atoms with Crippen molar-refractivity contribution in [3.63, 3.8) is 0 Å². The van der Waals surface area contributed by atoms with Crippen molar-refractivity contribution in [2.45, 2.75) is 26.2 Å². The van der Waals surface area contributed by atoms with E-state index in [0.29, 0.717) is 0 Å². The molecule has 0 aromatic heterocycles. The third kappa shape index (κ3) is 5.23. The highest BCUT2D eigenvalue weighted by Gasteiger charge is 1.88. The highest BCUT2D eigenvalue weighted by molar-refractivity contribution is 5.78. The van der Waals surface area contributed by atoms with Crippen LogP contribution in [0.3, 0.4) is 0 Å². The van der Waals surface area contributed by atoms with E-state index >= 15 is 0 Å². The van der Waals surface area contributed by atoms with Gasteiger partial charge in [0.1, 0.15) is 0 Å². The van der Waals surface area contributed by atoms with Gasteiger partial charge >= 0.3 is 0 Å². The van der Waals surface area contributed by atoms with Gasteiger partial charge in [-0.2, -0.15) is 0 Å². The molecular formula is C11H18N2. The molecule has 2 nitrogen and oxygen atoms in total. The summed E-state index contributed by atoms with van der Waals surface area (Å²) in [7, 11) is 0. The monoisotopic (exact) mass is 178 g/mol. The van der Waals surface area contributed by atoms with Gasteiger partial charge in [-0.15, -0.1) is 0 Å². The van der Waals surface area contributed by atoms with Gasteiger partial charge in [0, 0.05) is 19.3 Å². The topological polar surface area (TPSA) is 24.4 Å². The molecule has 0 aromatic rings. The molecule has 0 spiro atoms. The quantitative estimate of drug-likeness (QED) is 0.604. The van der Waals surface area contributed by atoms with Gasteiger partial charge in [-0.25, -0.2) is 0 Å². The third-order valence-corrected chi connectivity index (χ3v) is 1.98. The predicted octanol–water partition coefficient (Wildman–Crippen LogP) is 2.29. The van der Waals surface area contributed by atoms with Crippen LogP contribution in [0.25, 0.3) is 0 Å². The number of nitrogens with zero attached hydrogens (tertiary/aromatic N) is 1. The van der Waals surface area contributed by atoms with Crippen LogP contribution in [0.15, 0.2) is 28.9 Å². The first-order valence-electron chi connectivity index (χ1n) is 4.96. The van der Waals surface area contributed by atoms with Gasteiger partial charge in [0.15, 0.2) is 0 Å². The Balaban J connectivity index is 2.47. The SMILES string of the molecule is C/C1=C/C=C/NCCCCCN=C1. The molecule has 1 rings (SSSR count). The summed E-state index contributed by atoms with van der Waals surface area (Å²) >= 11 is 0. The highest BCUT2D eigenvalue weighted by atomic mass is 14.8. The second-order valence-corrected chi connectivity index (χ2v) is 3.32. The van der Waals surface area contributed by atoms with E-state index < -0.39 is 0 Å². The molecule has 0 aliphatic carbocycles. The van der Waals surface area contributed by atoms with Crippen molar-refractivity contribution in [3.8, 4) is 0 Å². The average Bonchev–Trinajstić information content (AvgIpc) is 2.11. The fraction of sp³-hybridized carbons (Fsp3) is 0.545. The molecule has 1 aliphatic rings. The minimum atomic E-state index is 0.967. The van der Waals surface area contributed by atoms with E-state index in [1.807, 2.05) is 18.5 Å². The smallest absolute Gasteiger partial charge is 0.0389 e.